The van der Waals surface area contributed by atoms with Crippen molar-refractivity contribution in [2.24, 2.45) is 0 Å². The smallest absolute Gasteiger partial charge is 0.232 e. The third-order valence-electron chi connectivity index (χ3n) is 3.81. The molecule has 1 fully saturated rings. The molecule has 0 spiro atoms. The molecular weight excluding hydrogens is 306 g/mol. The second kappa shape index (κ2) is 8.66. The highest BCUT2D eigenvalue weighted by molar-refractivity contribution is 7.99. The van der Waals surface area contributed by atoms with Crippen LogP contribution >= 0.6 is 23.4 Å². The molecule has 21 heavy (non-hydrogen) atoms. The van der Waals surface area contributed by atoms with Crippen molar-refractivity contribution in [2.45, 2.75) is 37.5 Å². The van der Waals surface area contributed by atoms with Crippen molar-refractivity contribution in [2.75, 3.05) is 18.9 Å². The van der Waals surface area contributed by atoms with Crippen molar-refractivity contribution >= 4 is 29.3 Å². The first-order valence-electron chi connectivity index (χ1n) is 7.43. The number of rotatable bonds is 7. The predicted octanol–water partition coefficient (Wildman–Crippen LogP) is 3.34. The summed E-state index contributed by atoms with van der Waals surface area (Å²) in [7, 11) is 0. The number of carbonyl (C=O) groups is 1. The number of benzene rings is 1. The van der Waals surface area contributed by atoms with Crippen molar-refractivity contribution in [1.29, 1.82) is 0 Å². The zero-order valence-corrected chi connectivity index (χ0v) is 13.7. The first-order chi connectivity index (χ1) is 10.2. The van der Waals surface area contributed by atoms with Crippen LogP contribution in [0, 0.1) is 0 Å². The minimum atomic E-state index is 0.0429. The molecule has 3 nitrogen and oxygen atoms in total. The van der Waals surface area contributed by atoms with Crippen LogP contribution in [0.1, 0.15) is 31.2 Å². The molecule has 1 aromatic carbocycles. The molecule has 0 heterocycles. The summed E-state index contributed by atoms with van der Waals surface area (Å²) in [6.07, 6.45) is 4.53. The number of carbonyl (C=O) groups excluding carboxylic acids is 1. The van der Waals surface area contributed by atoms with Crippen LogP contribution in [-0.4, -0.2) is 40.9 Å². The van der Waals surface area contributed by atoms with E-state index in [2.05, 4.69) is 0 Å². The van der Waals surface area contributed by atoms with E-state index in [1.807, 2.05) is 29.2 Å². The Labute approximate surface area is 135 Å². The molecule has 5 heteroatoms. The number of hydrogen-bond donors (Lipinski definition) is 1. The topological polar surface area (TPSA) is 40.5 Å². The highest BCUT2D eigenvalue weighted by Gasteiger charge is 2.25. The van der Waals surface area contributed by atoms with Crippen molar-refractivity contribution in [3.63, 3.8) is 0 Å². The maximum absolute atomic E-state index is 12.3. The van der Waals surface area contributed by atoms with Crippen molar-refractivity contribution in [3.8, 4) is 0 Å². The van der Waals surface area contributed by atoms with Crippen LogP contribution in [0.3, 0.4) is 0 Å². The standard InChI is InChI=1S/C16H22ClNO2S/c17-14-5-3-4-13(10-14)11-21-12-16(20)18(8-9-19)15-6-1-2-7-15/h3-5,10,15,19H,1-2,6-9,11-12H2. The summed E-state index contributed by atoms with van der Waals surface area (Å²) in [5.41, 5.74) is 1.13. The van der Waals surface area contributed by atoms with Gasteiger partial charge in [-0.2, -0.15) is 0 Å². The Balaban J connectivity index is 1.81. The summed E-state index contributed by atoms with van der Waals surface area (Å²) in [6.45, 7) is 0.502. The molecule has 0 aliphatic heterocycles. The number of halogens is 1. The van der Waals surface area contributed by atoms with E-state index in [0.29, 0.717) is 18.3 Å². The van der Waals surface area contributed by atoms with Gasteiger partial charge in [0, 0.05) is 23.4 Å². The van der Waals surface area contributed by atoms with Crippen molar-refractivity contribution < 1.29 is 9.90 Å². The van der Waals surface area contributed by atoms with Crippen LogP contribution in [0.2, 0.25) is 5.02 Å². The highest BCUT2D eigenvalue weighted by atomic mass is 35.5. The second-order valence-corrected chi connectivity index (χ2v) is 6.79. The van der Waals surface area contributed by atoms with Gasteiger partial charge in [0.25, 0.3) is 0 Å². The maximum Gasteiger partial charge on any atom is 0.232 e. The van der Waals surface area contributed by atoms with Gasteiger partial charge < -0.3 is 10.0 Å². The van der Waals surface area contributed by atoms with E-state index in [9.17, 15) is 4.79 Å². The van der Waals surface area contributed by atoms with Crippen molar-refractivity contribution in [3.05, 3.63) is 34.9 Å². The van der Waals surface area contributed by atoms with E-state index in [1.165, 1.54) is 12.8 Å². The van der Waals surface area contributed by atoms with E-state index >= 15 is 0 Å². The zero-order valence-electron chi connectivity index (χ0n) is 12.1. The number of thioether (sulfide) groups is 1. The van der Waals surface area contributed by atoms with E-state index in [-0.39, 0.29) is 12.5 Å². The molecule has 0 atom stereocenters. The van der Waals surface area contributed by atoms with Gasteiger partial charge in [0.05, 0.1) is 12.4 Å². The highest BCUT2D eigenvalue weighted by Crippen LogP contribution is 2.24. The Morgan fingerprint density at radius 3 is 2.81 bits per heavy atom. The van der Waals surface area contributed by atoms with Crippen LogP contribution in [0.25, 0.3) is 0 Å². The van der Waals surface area contributed by atoms with Crippen LogP contribution in [0.15, 0.2) is 24.3 Å². The Morgan fingerprint density at radius 1 is 1.38 bits per heavy atom. The first-order valence-corrected chi connectivity index (χ1v) is 8.96. The van der Waals surface area contributed by atoms with Crippen LogP contribution < -0.4 is 0 Å². The van der Waals surface area contributed by atoms with Gasteiger partial charge in [-0.15, -0.1) is 11.8 Å². The summed E-state index contributed by atoms with van der Waals surface area (Å²) < 4.78 is 0. The van der Waals surface area contributed by atoms with E-state index < -0.39 is 0 Å². The summed E-state index contributed by atoms with van der Waals surface area (Å²) in [5, 5.41) is 9.89. The predicted molar refractivity (Wildman–Crippen MR) is 88.7 cm³/mol. The minimum absolute atomic E-state index is 0.0429. The van der Waals surface area contributed by atoms with Gasteiger partial charge >= 0.3 is 0 Å². The number of aliphatic hydroxyl groups excluding tert-OH is 1. The van der Waals surface area contributed by atoms with Gasteiger partial charge in [-0.25, -0.2) is 0 Å². The monoisotopic (exact) mass is 327 g/mol. The fraction of sp³-hybridized carbons (Fsp3) is 0.562. The molecule has 0 saturated heterocycles. The van der Waals surface area contributed by atoms with Gasteiger partial charge in [0.2, 0.25) is 5.91 Å². The molecule has 1 aliphatic rings. The quantitative estimate of drug-likeness (QED) is 0.835. The van der Waals surface area contributed by atoms with Crippen LogP contribution in [-0.2, 0) is 10.5 Å². The Bertz CT molecular complexity index is 463. The fourth-order valence-corrected chi connectivity index (χ4v) is 3.87. The summed E-state index contributed by atoms with van der Waals surface area (Å²) in [6, 6.07) is 8.06. The second-order valence-electron chi connectivity index (χ2n) is 5.37. The molecule has 1 N–H and O–H groups in total. The lowest BCUT2D eigenvalue weighted by molar-refractivity contribution is -0.131. The molecule has 0 aromatic heterocycles. The van der Waals surface area contributed by atoms with Gasteiger partial charge in [0.15, 0.2) is 0 Å². The fourth-order valence-electron chi connectivity index (χ4n) is 2.80. The maximum atomic E-state index is 12.3. The molecular formula is C16H22ClNO2S. The number of hydrogen-bond acceptors (Lipinski definition) is 3. The number of nitrogens with zero attached hydrogens (tertiary/aromatic N) is 1. The molecule has 1 saturated carbocycles. The van der Waals surface area contributed by atoms with Crippen molar-refractivity contribution in [1.82, 2.24) is 4.90 Å². The van der Waals surface area contributed by atoms with Crippen LogP contribution in [0.5, 0.6) is 0 Å². The molecule has 1 aromatic rings. The lowest BCUT2D eigenvalue weighted by Gasteiger charge is -2.28. The largest absolute Gasteiger partial charge is 0.395 e. The van der Waals surface area contributed by atoms with Crippen LogP contribution in [0.4, 0.5) is 0 Å². The molecule has 1 amide bonds. The van der Waals surface area contributed by atoms with E-state index in [1.54, 1.807) is 11.8 Å². The van der Waals surface area contributed by atoms with E-state index in [0.717, 1.165) is 29.2 Å². The zero-order chi connectivity index (χ0) is 15.1. The minimum Gasteiger partial charge on any atom is -0.395 e. The number of aliphatic hydroxyl groups is 1. The SMILES string of the molecule is O=C(CSCc1cccc(Cl)c1)N(CCO)C1CCCC1. The molecule has 0 unspecified atom stereocenters. The third-order valence-corrected chi connectivity index (χ3v) is 5.03. The third kappa shape index (κ3) is 5.20. The Morgan fingerprint density at radius 2 is 2.14 bits per heavy atom. The Kier molecular flexibility index (Phi) is 6.87. The normalized spacial score (nSPS) is 15.3. The Hall–Kier alpha value is -0.710. The lowest BCUT2D eigenvalue weighted by Crippen LogP contribution is -2.41. The average molecular weight is 328 g/mol. The van der Waals surface area contributed by atoms with E-state index in [4.69, 9.17) is 16.7 Å². The first kappa shape index (κ1) is 16.7. The summed E-state index contributed by atoms with van der Waals surface area (Å²) in [5.74, 6) is 1.38. The summed E-state index contributed by atoms with van der Waals surface area (Å²) in [4.78, 5) is 14.2. The average Bonchev–Trinajstić information content (AvgIpc) is 2.98. The van der Waals surface area contributed by atoms with Gasteiger partial charge in [-0.1, -0.05) is 36.6 Å². The molecule has 1 aliphatic carbocycles. The number of amides is 1. The van der Waals surface area contributed by atoms with Gasteiger partial charge in [0.1, 0.15) is 0 Å². The molecule has 116 valence electrons. The molecule has 0 bridgehead atoms. The molecule has 0 radical (unpaired) electrons. The summed E-state index contributed by atoms with van der Waals surface area (Å²) >= 11 is 7.56. The van der Waals surface area contributed by atoms with Gasteiger partial charge in [-0.05, 0) is 30.5 Å². The lowest BCUT2D eigenvalue weighted by atomic mass is 10.2. The van der Waals surface area contributed by atoms with Gasteiger partial charge in [-0.3, -0.25) is 4.79 Å². The molecule has 2 rings (SSSR count).